The van der Waals surface area contributed by atoms with Crippen LogP contribution in [-0.2, 0) is 4.43 Å². The first-order valence-electron chi connectivity index (χ1n) is 7.83. The molecule has 0 saturated carbocycles. The van der Waals surface area contributed by atoms with Crippen LogP contribution in [-0.4, -0.2) is 21.4 Å². The molecule has 1 atom stereocenters. The van der Waals surface area contributed by atoms with Gasteiger partial charge in [-0.3, -0.25) is 0 Å². The molecule has 0 saturated heterocycles. The molecule has 0 amide bonds. The average Bonchev–Trinajstić information content (AvgIpc) is 2.31. The Labute approximate surface area is 127 Å². The molecule has 1 N–H and O–H groups in total. The number of nitrogens with one attached hydrogen (secondary N) is 1. The van der Waals surface area contributed by atoms with Crippen molar-refractivity contribution in [2.45, 2.75) is 78.1 Å². The van der Waals surface area contributed by atoms with E-state index in [2.05, 4.69) is 71.3 Å². The molecule has 0 bridgehead atoms. The average molecular weight is 298 g/mol. The van der Waals surface area contributed by atoms with Gasteiger partial charge in [-0.2, -0.15) is 0 Å². The fraction of sp³-hybridized carbons (Fsp3) is 0.765. The molecule has 3 heteroatoms. The minimum absolute atomic E-state index is 0.267. The lowest BCUT2D eigenvalue weighted by Gasteiger charge is -2.36. The van der Waals surface area contributed by atoms with Crippen molar-refractivity contribution < 1.29 is 4.43 Å². The van der Waals surface area contributed by atoms with Crippen molar-refractivity contribution in [1.82, 2.24) is 5.32 Å². The van der Waals surface area contributed by atoms with Crippen molar-refractivity contribution >= 4 is 8.32 Å². The molecular weight excluding hydrogens is 262 g/mol. The Morgan fingerprint density at radius 2 is 1.85 bits per heavy atom. The van der Waals surface area contributed by atoms with Crippen LogP contribution in [0.2, 0.25) is 18.1 Å². The molecule has 0 aliphatic heterocycles. The van der Waals surface area contributed by atoms with Crippen molar-refractivity contribution in [3.63, 3.8) is 0 Å². The van der Waals surface area contributed by atoms with E-state index >= 15 is 0 Å². The van der Waals surface area contributed by atoms with Crippen LogP contribution in [0.25, 0.3) is 0 Å². The first-order valence-corrected chi connectivity index (χ1v) is 10.7. The highest BCUT2D eigenvalue weighted by atomic mass is 28.4. The van der Waals surface area contributed by atoms with Crippen molar-refractivity contribution in [1.29, 1.82) is 0 Å². The molecule has 0 aliphatic carbocycles. The summed E-state index contributed by atoms with van der Waals surface area (Å²) in [4.78, 5) is 0. The molecule has 0 aromatic heterocycles. The summed E-state index contributed by atoms with van der Waals surface area (Å²) in [6.45, 7) is 15.7. The summed E-state index contributed by atoms with van der Waals surface area (Å²) in [5.74, 6) is 1.09. The van der Waals surface area contributed by atoms with Crippen LogP contribution in [0, 0.1) is 0 Å². The number of rotatable bonds is 8. The van der Waals surface area contributed by atoms with E-state index in [9.17, 15) is 0 Å². The Hall–Kier alpha value is -0.543. The van der Waals surface area contributed by atoms with E-state index in [4.69, 9.17) is 4.43 Å². The van der Waals surface area contributed by atoms with Crippen molar-refractivity contribution in [2.75, 3.05) is 7.05 Å². The van der Waals surface area contributed by atoms with Crippen molar-refractivity contribution in [2.24, 2.45) is 0 Å². The van der Waals surface area contributed by atoms with E-state index in [1.807, 2.05) is 7.05 Å². The molecule has 0 radical (unpaired) electrons. The lowest BCUT2D eigenvalue weighted by atomic mass is 10.2. The second kappa shape index (κ2) is 8.68. The molecule has 0 rings (SSSR count). The second-order valence-electron chi connectivity index (χ2n) is 6.99. The topological polar surface area (TPSA) is 21.3 Å². The molecule has 0 aromatic rings. The van der Waals surface area contributed by atoms with Crippen molar-refractivity contribution in [3.05, 3.63) is 24.0 Å². The van der Waals surface area contributed by atoms with Gasteiger partial charge in [0.25, 0.3) is 0 Å². The molecule has 0 heterocycles. The summed E-state index contributed by atoms with van der Waals surface area (Å²) in [7, 11) is 0.347. The van der Waals surface area contributed by atoms with Crippen LogP contribution in [0.1, 0.15) is 53.9 Å². The van der Waals surface area contributed by atoms with E-state index in [1.165, 1.54) is 0 Å². The lowest BCUT2D eigenvalue weighted by Crippen LogP contribution is -2.40. The standard InChI is InChI=1S/C17H35NOSi/c1-9-16(18-6)14-12-10-11-13-15(2)19-20(7,8)17(3,4)5/h12-14,16,18H,9-11H2,1-8H3. The third kappa shape index (κ3) is 7.30. The monoisotopic (exact) mass is 297 g/mol. The zero-order chi connectivity index (χ0) is 15.8. The van der Waals surface area contributed by atoms with Gasteiger partial charge in [0.15, 0.2) is 0 Å². The minimum atomic E-state index is -1.66. The third-order valence-corrected chi connectivity index (χ3v) is 8.61. The van der Waals surface area contributed by atoms with Crippen LogP contribution >= 0.6 is 0 Å². The summed E-state index contributed by atoms with van der Waals surface area (Å²) >= 11 is 0. The molecule has 0 aliphatic rings. The van der Waals surface area contributed by atoms with Gasteiger partial charge in [-0.05, 0) is 57.4 Å². The summed E-state index contributed by atoms with van der Waals surface area (Å²) in [5, 5.41) is 3.54. The summed E-state index contributed by atoms with van der Waals surface area (Å²) in [6.07, 6.45) is 10.0. The largest absolute Gasteiger partial charge is 0.547 e. The Bertz CT molecular complexity index is 322. The van der Waals surface area contributed by atoms with E-state index in [1.54, 1.807) is 0 Å². The third-order valence-electron chi connectivity index (χ3n) is 4.17. The molecule has 0 spiro atoms. The van der Waals surface area contributed by atoms with Crippen LogP contribution < -0.4 is 5.32 Å². The first-order chi connectivity index (χ1) is 9.14. The molecule has 20 heavy (non-hydrogen) atoms. The van der Waals surface area contributed by atoms with Gasteiger partial charge >= 0.3 is 0 Å². The quantitative estimate of drug-likeness (QED) is 0.286. The van der Waals surface area contributed by atoms with Gasteiger partial charge in [-0.1, -0.05) is 39.8 Å². The molecule has 0 aromatic carbocycles. The maximum Gasteiger partial charge on any atom is 0.250 e. The number of hydrogen-bond acceptors (Lipinski definition) is 2. The van der Waals surface area contributed by atoms with Gasteiger partial charge in [0.05, 0.1) is 5.76 Å². The molecule has 0 fully saturated rings. The highest BCUT2D eigenvalue weighted by Crippen LogP contribution is 2.37. The van der Waals surface area contributed by atoms with Gasteiger partial charge < -0.3 is 9.74 Å². The van der Waals surface area contributed by atoms with Crippen LogP contribution in [0.4, 0.5) is 0 Å². The number of hydrogen-bond donors (Lipinski definition) is 1. The predicted octanol–water partition coefficient (Wildman–Crippen LogP) is 5.25. The minimum Gasteiger partial charge on any atom is -0.547 e. The maximum atomic E-state index is 6.24. The molecule has 118 valence electrons. The van der Waals surface area contributed by atoms with Gasteiger partial charge in [0, 0.05) is 6.04 Å². The molecule has 1 unspecified atom stereocenters. The van der Waals surface area contributed by atoms with Crippen LogP contribution in [0.15, 0.2) is 24.0 Å². The lowest BCUT2D eigenvalue weighted by molar-refractivity contribution is 0.384. The smallest absolute Gasteiger partial charge is 0.250 e. The summed E-state index contributed by atoms with van der Waals surface area (Å²) < 4.78 is 6.24. The Morgan fingerprint density at radius 3 is 2.30 bits per heavy atom. The Morgan fingerprint density at radius 1 is 1.25 bits per heavy atom. The fourth-order valence-corrected chi connectivity index (χ4v) is 2.87. The summed E-state index contributed by atoms with van der Waals surface area (Å²) in [6, 6.07) is 0.503. The van der Waals surface area contributed by atoms with Gasteiger partial charge in [-0.25, -0.2) is 0 Å². The fourth-order valence-electron chi connectivity index (χ4n) is 1.68. The number of likely N-dealkylation sites (N-methyl/N-ethyl adjacent to an activating group) is 1. The Balaban J connectivity index is 4.22. The van der Waals surface area contributed by atoms with Gasteiger partial charge in [-0.15, -0.1) is 0 Å². The van der Waals surface area contributed by atoms with E-state index in [-0.39, 0.29) is 5.04 Å². The zero-order valence-electron chi connectivity index (χ0n) is 14.8. The number of unbranched alkanes of at least 4 members (excludes halogenated alkanes) is 1. The van der Waals surface area contributed by atoms with Gasteiger partial charge in [0.2, 0.25) is 8.32 Å². The molecular formula is C17H35NOSi. The van der Waals surface area contributed by atoms with Gasteiger partial charge in [0.1, 0.15) is 0 Å². The highest BCUT2D eigenvalue weighted by Gasteiger charge is 2.38. The zero-order valence-corrected chi connectivity index (χ0v) is 15.8. The van der Waals surface area contributed by atoms with E-state index < -0.39 is 8.32 Å². The van der Waals surface area contributed by atoms with Crippen LogP contribution in [0.5, 0.6) is 0 Å². The maximum absolute atomic E-state index is 6.24. The van der Waals surface area contributed by atoms with Crippen molar-refractivity contribution in [3.8, 4) is 0 Å². The second-order valence-corrected chi connectivity index (χ2v) is 11.7. The highest BCUT2D eigenvalue weighted by molar-refractivity contribution is 6.74. The predicted molar refractivity (Wildman–Crippen MR) is 93.6 cm³/mol. The molecule has 2 nitrogen and oxygen atoms in total. The van der Waals surface area contributed by atoms with Crippen LogP contribution in [0.3, 0.4) is 0 Å². The Kier molecular flexibility index (Phi) is 8.44. The van der Waals surface area contributed by atoms with E-state index in [0.717, 1.165) is 25.0 Å². The van der Waals surface area contributed by atoms with E-state index in [0.29, 0.717) is 6.04 Å². The SMILES string of the molecule is CCC(C=CCCC=C(C)O[Si](C)(C)C(C)(C)C)NC. The first kappa shape index (κ1) is 19.5. The number of allylic oxidation sites excluding steroid dienone is 3. The summed E-state index contributed by atoms with van der Waals surface area (Å²) in [5.41, 5.74) is 0. The normalized spacial score (nSPS) is 15.7.